The number of halogens is 2. The van der Waals surface area contributed by atoms with Crippen molar-refractivity contribution >= 4 is 5.82 Å². The highest BCUT2D eigenvalue weighted by Crippen LogP contribution is 2.28. The van der Waals surface area contributed by atoms with Gasteiger partial charge in [0, 0.05) is 18.2 Å². The van der Waals surface area contributed by atoms with Crippen molar-refractivity contribution in [2.45, 2.75) is 13.8 Å². The Labute approximate surface area is 144 Å². The number of aromatic nitrogens is 2. The third-order valence-corrected chi connectivity index (χ3v) is 3.79. The molecule has 1 heterocycles. The van der Waals surface area contributed by atoms with E-state index in [4.69, 9.17) is 0 Å². The molecule has 130 valence electrons. The number of hydrogen-bond acceptors (Lipinski definition) is 2. The lowest BCUT2D eigenvalue weighted by Gasteiger charge is -2.12. The number of aromatic amines is 1. The Morgan fingerprint density at radius 2 is 1.80 bits per heavy atom. The molecule has 0 spiro atoms. The van der Waals surface area contributed by atoms with E-state index in [-0.39, 0.29) is 5.69 Å². The number of imidazole rings is 1. The van der Waals surface area contributed by atoms with Crippen molar-refractivity contribution in [2.75, 3.05) is 11.9 Å². The molecule has 6 heteroatoms. The minimum Gasteiger partial charge on any atom is -0.369 e. The standard InChI is InChI=1S/C19H19F2N3O/c1-12(2)11-22-18-17(13-6-4-3-5-7-13)24(19(25)23-18)14-8-9-15(20)16(21)10-14/h3-10,12,22H,11H2,1-2H3,(H,23,25). The fraction of sp³-hybridized carbons (Fsp3) is 0.211. The Kier molecular flexibility index (Phi) is 4.70. The SMILES string of the molecule is CC(C)CNc1[nH]c(=O)n(-c2ccc(F)c(F)c2)c1-c1ccccc1. The summed E-state index contributed by atoms with van der Waals surface area (Å²) in [5, 5.41) is 3.22. The van der Waals surface area contributed by atoms with Gasteiger partial charge in [0.05, 0.1) is 11.4 Å². The molecule has 2 N–H and O–H groups in total. The van der Waals surface area contributed by atoms with Crippen LogP contribution < -0.4 is 11.0 Å². The smallest absolute Gasteiger partial charge is 0.332 e. The van der Waals surface area contributed by atoms with Crippen molar-refractivity contribution in [3.05, 3.63) is 70.6 Å². The molecular formula is C19H19F2N3O. The van der Waals surface area contributed by atoms with Crippen LogP contribution in [0, 0.1) is 17.6 Å². The Morgan fingerprint density at radius 3 is 2.44 bits per heavy atom. The highest BCUT2D eigenvalue weighted by molar-refractivity contribution is 5.74. The summed E-state index contributed by atoms with van der Waals surface area (Å²) in [6.45, 7) is 4.77. The van der Waals surface area contributed by atoms with Gasteiger partial charge >= 0.3 is 5.69 Å². The van der Waals surface area contributed by atoms with Crippen molar-refractivity contribution in [1.82, 2.24) is 9.55 Å². The summed E-state index contributed by atoms with van der Waals surface area (Å²) in [5.41, 5.74) is 1.21. The van der Waals surface area contributed by atoms with Crippen molar-refractivity contribution < 1.29 is 8.78 Å². The van der Waals surface area contributed by atoms with Gasteiger partial charge in [-0.05, 0) is 18.1 Å². The molecular weight excluding hydrogens is 324 g/mol. The minimum atomic E-state index is -0.999. The van der Waals surface area contributed by atoms with Gasteiger partial charge in [-0.2, -0.15) is 0 Å². The van der Waals surface area contributed by atoms with Crippen LogP contribution in [0.1, 0.15) is 13.8 Å². The van der Waals surface area contributed by atoms with E-state index in [1.165, 1.54) is 10.6 Å². The van der Waals surface area contributed by atoms with Crippen LogP contribution in [0.2, 0.25) is 0 Å². The Morgan fingerprint density at radius 1 is 1.08 bits per heavy atom. The monoisotopic (exact) mass is 343 g/mol. The van der Waals surface area contributed by atoms with Gasteiger partial charge in [-0.25, -0.2) is 13.6 Å². The molecule has 0 bridgehead atoms. The summed E-state index contributed by atoms with van der Waals surface area (Å²) >= 11 is 0. The fourth-order valence-corrected chi connectivity index (χ4v) is 2.61. The van der Waals surface area contributed by atoms with Gasteiger partial charge in [-0.15, -0.1) is 0 Å². The molecule has 0 aliphatic heterocycles. The number of anilines is 1. The van der Waals surface area contributed by atoms with E-state index in [0.29, 0.717) is 24.0 Å². The molecule has 0 radical (unpaired) electrons. The normalized spacial score (nSPS) is 11.1. The van der Waals surface area contributed by atoms with Crippen LogP contribution in [0.25, 0.3) is 16.9 Å². The first-order chi connectivity index (χ1) is 12.0. The molecule has 3 rings (SSSR count). The molecule has 0 aliphatic rings. The first-order valence-corrected chi connectivity index (χ1v) is 8.07. The van der Waals surface area contributed by atoms with Gasteiger partial charge in [-0.1, -0.05) is 44.2 Å². The molecule has 3 aromatic rings. The second kappa shape index (κ2) is 6.93. The van der Waals surface area contributed by atoms with Crippen molar-refractivity contribution in [3.8, 4) is 16.9 Å². The third-order valence-electron chi connectivity index (χ3n) is 3.79. The zero-order valence-electron chi connectivity index (χ0n) is 14.0. The second-order valence-corrected chi connectivity index (χ2v) is 6.23. The predicted octanol–water partition coefficient (Wildman–Crippen LogP) is 4.18. The highest BCUT2D eigenvalue weighted by Gasteiger charge is 2.18. The summed E-state index contributed by atoms with van der Waals surface area (Å²) in [6.07, 6.45) is 0. The van der Waals surface area contributed by atoms with Gasteiger partial charge in [0.25, 0.3) is 0 Å². The average molecular weight is 343 g/mol. The van der Waals surface area contributed by atoms with E-state index in [2.05, 4.69) is 24.1 Å². The maximum atomic E-state index is 13.7. The average Bonchev–Trinajstić information content (AvgIpc) is 2.92. The summed E-state index contributed by atoms with van der Waals surface area (Å²) in [6, 6.07) is 12.7. The van der Waals surface area contributed by atoms with Crippen LogP contribution in [0.3, 0.4) is 0 Å². The van der Waals surface area contributed by atoms with E-state index < -0.39 is 17.3 Å². The van der Waals surface area contributed by atoms with E-state index in [9.17, 15) is 13.6 Å². The van der Waals surface area contributed by atoms with Gasteiger partial charge < -0.3 is 5.32 Å². The minimum absolute atomic E-state index is 0.261. The van der Waals surface area contributed by atoms with E-state index >= 15 is 0 Å². The quantitative estimate of drug-likeness (QED) is 0.730. The van der Waals surface area contributed by atoms with Crippen LogP contribution in [0.4, 0.5) is 14.6 Å². The van der Waals surface area contributed by atoms with Crippen LogP contribution in [-0.4, -0.2) is 16.1 Å². The summed E-state index contributed by atoms with van der Waals surface area (Å²) in [5.74, 6) is -1.03. The number of H-pyrrole nitrogens is 1. The number of benzene rings is 2. The molecule has 4 nitrogen and oxygen atoms in total. The molecule has 0 fully saturated rings. The van der Waals surface area contributed by atoms with Crippen molar-refractivity contribution in [2.24, 2.45) is 5.92 Å². The highest BCUT2D eigenvalue weighted by atomic mass is 19.2. The molecule has 0 aliphatic carbocycles. The first-order valence-electron chi connectivity index (χ1n) is 8.07. The molecule has 0 saturated carbocycles. The van der Waals surface area contributed by atoms with E-state index in [1.807, 2.05) is 30.3 Å². The molecule has 25 heavy (non-hydrogen) atoms. The van der Waals surface area contributed by atoms with E-state index in [1.54, 1.807) is 0 Å². The predicted molar refractivity (Wildman–Crippen MR) is 95.1 cm³/mol. The van der Waals surface area contributed by atoms with Gasteiger partial charge in [0.1, 0.15) is 5.82 Å². The second-order valence-electron chi connectivity index (χ2n) is 6.23. The van der Waals surface area contributed by atoms with Gasteiger partial charge in [0.2, 0.25) is 0 Å². The van der Waals surface area contributed by atoms with Gasteiger partial charge in [-0.3, -0.25) is 9.55 Å². The number of nitrogens with zero attached hydrogens (tertiary/aromatic N) is 1. The summed E-state index contributed by atoms with van der Waals surface area (Å²) < 4.78 is 28.3. The molecule has 0 unspecified atom stereocenters. The van der Waals surface area contributed by atoms with Crippen molar-refractivity contribution in [3.63, 3.8) is 0 Å². The van der Waals surface area contributed by atoms with Crippen molar-refractivity contribution in [1.29, 1.82) is 0 Å². The topological polar surface area (TPSA) is 49.8 Å². The molecule has 0 amide bonds. The Bertz CT molecular complexity index is 930. The summed E-state index contributed by atoms with van der Waals surface area (Å²) in [7, 11) is 0. The molecule has 0 saturated heterocycles. The number of hydrogen-bond donors (Lipinski definition) is 2. The lowest BCUT2D eigenvalue weighted by Crippen LogP contribution is -2.16. The zero-order chi connectivity index (χ0) is 18.0. The van der Waals surface area contributed by atoms with Crippen LogP contribution in [-0.2, 0) is 0 Å². The lowest BCUT2D eigenvalue weighted by atomic mass is 10.1. The molecule has 1 aromatic heterocycles. The molecule has 2 aromatic carbocycles. The third kappa shape index (κ3) is 3.47. The lowest BCUT2D eigenvalue weighted by molar-refractivity contribution is 0.508. The fourth-order valence-electron chi connectivity index (χ4n) is 2.61. The van der Waals surface area contributed by atoms with E-state index in [0.717, 1.165) is 17.7 Å². The van der Waals surface area contributed by atoms with Crippen LogP contribution >= 0.6 is 0 Å². The Balaban J connectivity index is 2.20. The number of nitrogens with one attached hydrogen (secondary N) is 2. The maximum absolute atomic E-state index is 13.7. The van der Waals surface area contributed by atoms with Gasteiger partial charge in [0.15, 0.2) is 11.6 Å². The van der Waals surface area contributed by atoms with Crippen LogP contribution in [0.5, 0.6) is 0 Å². The zero-order valence-corrected chi connectivity index (χ0v) is 14.0. The molecule has 0 atom stereocenters. The summed E-state index contributed by atoms with van der Waals surface area (Å²) in [4.78, 5) is 15.3. The Hall–Kier alpha value is -2.89. The number of rotatable bonds is 5. The maximum Gasteiger partial charge on any atom is 0.332 e. The largest absolute Gasteiger partial charge is 0.369 e. The first kappa shape index (κ1) is 17.0. The van der Waals surface area contributed by atoms with Crippen LogP contribution in [0.15, 0.2) is 53.3 Å².